The van der Waals surface area contributed by atoms with Crippen LogP contribution in [-0.2, 0) is 19.3 Å². The van der Waals surface area contributed by atoms with E-state index in [0.29, 0.717) is 19.6 Å². The van der Waals surface area contributed by atoms with Gasteiger partial charge in [0.05, 0.1) is 13.2 Å². The van der Waals surface area contributed by atoms with Gasteiger partial charge in [0.2, 0.25) is 0 Å². The fourth-order valence-corrected chi connectivity index (χ4v) is 2.44. The summed E-state index contributed by atoms with van der Waals surface area (Å²) in [4.78, 5) is 0. The van der Waals surface area contributed by atoms with Crippen LogP contribution in [0.1, 0.15) is 19.3 Å². The minimum atomic E-state index is -2.85. The molecule has 0 amide bonds. The monoisotopic (exact) mass is 251 g/mol. The molecule has 5 nitrogen and oxygen atoms in total. The predicted molar refractivity (Wildman–Crippen MR) is 62.1 cm³/mol. The molecule has 6 heteroatoms. The smallest absolute Gasteiger partial charge is 0.159 e. The minimum absolute atomic E-state index is 0.129. The van der Waals surface area contributed by atoms with Gasteiger partial charge in [0, 0.05) is 24.5 Å². The lowest BCUT2D eigenvalue weighted by Crippen LogP contribution is -2.30. The highest BCUT2D eigenvalue weighted by Crippen LogP contribution is 2.13. The van der Waals surface area contributed by atoms with Crippen molar-refractivity contribution in [2.24, 2.45) is 0 Å². The molecule has 1 atom stereocenters. The summed E-state index contributed by atoms with van der Waals surface area (Å²) in [6.45, 7) is 1.31. The van der Waals surface area contributed by atoms with E-state index in [-0.39, 0.29) is 18.1 Å². The SMILES string of the molecule is CNC(CCCS(C)(=O)=O)CC1OCCO1. The van der Waals surface area contributed by atoms with Gasteiger partial charge in [-0.2, -0.15) is 0 Å². The molecule has 0 radical (unpaired) electrons. The van der Waals surface area contributed by atoms with Crippen LogP contribution in [0.15, 0.2) is 0 Å². The van der Waals surface area contributed by atoms with Crippen LogP contribution in [0.5, 0.6) is 0 Å². The summed E-state index contributed by atoms with van der Waals surface area (Å²) < 4.78 is 32.7. The Balaban J connectivity index is 2.20. The maximum atomic E-state index is 11.0. The van der Waals surface area contributed by atoms with Gasteiger partial charge in [-0.05, 0) is 19.9 Å². The summed E-state index contributed by atoms with van der Waals surface area (Å²) in [5.74, 6) is 0.248. The second kappa shape index (κ2) is 6.54. The average Bonchev–Trinajstić information content (AvgIpc) is 2.67. The van der Waals surface area contributed by atoms with E-state index in [1.807, 2.05) is 7.05 Å². The molecule has 0 saturated carbocycles. The largest absolute Gasteiger partial charge is 0.350 e. The van der Waals surface area contributed by atoms with Crippen molar-refractivity contribution in [3.63, 3.8) is 0 Å². The topological polar surface area (TPSA) is 64.6 Å². The third-order valence-corrected chi connectivity index (χ3v) is 3.67. The van der Waals surface area contributed by atoms with E-state index in [1.54, 1.807) is 0 Å². The van der Waals surface area contributed by atoms with Gasteiger partial charge in [0.15, 0.2) is 6.29 Å². The highest BCUT2D eigenvalue weighted by molar-refractivity contribution is 7.90. The first-order valence-electron chi connectivity index (χ1n) is 5.59. The van der Waals surface area contributed by atoms with Gasteiger partial charge in [-0.1, -0.05) is 0 Å². The zero-order valence-electron chi connectivity index (χ0n) is 9.94. The highest BCUT2D eigenvalue weighted by atomic mass is 32.2. The summed E-state index contributed by atoms with van der Waals surface area (Å²) in [5.41, 5.74) is 0. The van der Waals surface area contributed by atoms with Crippen molar-refractivity contribution < 1.29 is 17.9 Å². The maximum absolute atomic E-state index is 11.0. The first-order chi connectivity index (χ1) is 7.51. The maximum Gasteiger partial charge on any atom is 0.159 e. The first kappa shape index (κ1) is 13.9. The van der Waals surface area contributed by atoms with Gasteiger partial charge in [0.1, 0.15) is 9.84 Å². The molecule has 1 N–H and O–H groups in total. The van der Waals surface area contributed by atoms with Crippen molar-refractivity contribution in [3.8, 4) is 0 Å². The van der Waals surface area contributed by atoms with Crippen molar-refractivity contribution in [2.75, 3.05) is 32.3 Å². The minimum Gasteiger partial charge on any atom is -0.350 e. The third-order valence-electron chi connectivity index (χ3n) is 2.64. The van der Waals surface area contributed by atoms with Gasteiger partial charge in [-0.15, -0.1) is 0 Å². The Morgan fingerprint density at radius 2 is 2.00 bits per heavy atom. The Morgan fingerprint density at radius 3 is 2.50 bits per heavy atom. The normalized spacial score (nSPS) is 20.1. The molecule has 0 spiro atoms. The number of rotatable bonds is 7. The molecule has 0 aromatic carbocycles. The third kappa shape index (κ3) is 5.79. The fraction of sp³-hybridized carbons (Fsp3) is 1.00. The van der Waals surface area contributed by atoms with E-state index in [4.69, 9.17) is 9.47 Å². The standard InChI is InChI=1S/C10H21NO4S/c1-11-9(4-3-7-16(2,12)13)8-10-14-5-6-15-10/h9-11H,3-8H2,1-2H3. The molecule has 0 aromatic heterocycles. The molecule has 1 aliphatic heterocycles. The summed E-state index contributed by atoms with van der Waals surface area (Å²) >= 11 is 0. The molecule has 0 bridgehead atoms. The molecule has 1 rings (SSSR count). The number of hydrogen-bond acceptors (Lipinski definition) is 5. The molecule has 1 heterocycles. The summed E-state index contributed by atoms with van der Waals surface area (Å²) in [6, 6.07) is 0.254. The van der Waals surface area contributed by atoms with E-state index in [1.165, 1.54) is 6.26 Å². The lowest BCUT2D eigenvalue weighted by Gasteiger charge is -2.18. The molecule has 1 saturated heterocycles. The first-order valence-corrected chi connectivity index (χ1v) is 7.65. The fourth-order valence-electron chi connectivity index (χ4n) is 1.75. The van der Waals surface area contributed by atoms with E-state index in [2.05, 4.69) is 5.32 Å². The summed E-state index contributed by atoms with van der Waals surface area (Å²) in [5, 5.41) is 3.16. The highest BCUT2D eigenvalue weighted by Gasteiger charge is 2.20. The second-order valence-electron chi connectivity index (χ2n) is 4.16. The average molecular weight is 251 g/mol. The van der Waals surface area contributed by atoms with Crippen LogP contribution >= 0.6 is 0 Å². The molecule has 16 heavy (non-hydrogen) atoms. The van der Waals surface area contributed by atoms with Crippen LogP contribution < -0.4 is 5.32 Å². The van der Waals surface area contributed by atoms with Crippen LogP contribution in [0.4, 0.5) is 0 Å². The number of ether oxygens (including phenoxy) is 2. The van der Waals surface area contributed by atoms with Gasteiger partial charge < -0.3 is 14.8 Å². The van der Waals surface area contributed by atoms with Crippen molar-refractivity contribution in [2.45, 2.75) is 31.6 Å². The van der Waals surface area contributed by atoms with Gasteiger partial charge in [-0.3, -0.25) is 0 Å². The molecular weight excluding hydrogens is 230 g/mol. The predicted octanol–water partition coefficient (Wildman–Crippen LogP) is 0.162. The molecule has 0 aliphatic carbocycles. The Morgan fingerprint density at radius 1 is 1.38 bits per heavy atom. The zero-order valence-corrected chi connectivity index (χ0v) is 10.8. The van der Waals surface area contributed by atoms with Gasteiger partial charge in [-0.25, -0.2) is 8.42 Å². The van der Waals surface area contributed by atoms with Crippen LogP contribution in [0.2, 0.25) is 0 Å². The number of nitrogens with one attached hydrogen (secondary N) is 1. The molecule has 1 fully saturated rings. The Bertz CT molecular complexity index is 285. The number of hydrogen-bond donors (Lipinski definition) is 1. The molecule has 96 valence electrons. The Kier molecular flexibility index (Phi) is 5.68. The lowest BCUT2D eigenvalue weighted by atomic mass is 10.1. The Labute approximate surface area is 97.4 Å². The van der Waals surface area contributed by atoms with Crippen molar-refractivity contribution in [1.29, 1.82) is 0 Å². The van der Waals surface area contributed by atoms with Crippen LogP contribution in [0.3, 0.4) is 0 Å². The van der Waals surface area contributed by atoms with Crippen molar-refractivity contribution >= 4 is 9.84 Å². The molecule has 1 aliphatic rings. The summed E-state index contributed by atoms with van der Waals surface area (Å²) in [7, 11) is -0.970. The molecule has 0 aromatic rings. The second-order valence-corrected chi connectivity index (χ2v) is 6.42. The van der Waals surface area contributed by atoms with E-state index < -0.39 is 9.84 Å². The van der Waals surface area contributed by atoms with E-state index in [9.17, 15) is 8.42 Å². The molecule has 1 unspecified atom stereocenters. The van der Waals surface area contributed by atoms with Crippen LogP contribution in [0.25, 0.3) is 0 Å². The van der Waals surface area contributed by atoms with Crippen molar-refractivity contribution in [1.82, 2.24) is 5.32 Å². The zero-order chi connectivity index (χ0) is 12.0. The molecular formula is C10H21NO4S. The quantitative estimate of drug-likeness (QED) is 0.698. The Hall–Kier alpha value is -0.170. The number of sulfone groups is 1. The summed E-state index contributed by atoms with van der Waals surface area (Å²) in [6.07, 6.45) is 3.42. The van der Waals surface area contributed by atoms with E-state index in [0.717, 1.165) is 12.8 Å². The van der Waals surface area contributed by atoms with Gasteiger partial charge in [0.25, 0.3) is 0 Å². The van der Waals surface area contributed by atoms with E-state index >= 15 is 0 Å². The van der Waals surface area contributed by atoms with Crippen molar-refractivity contribution in [3.05, 3.63) is 0 Å². The van der Waals surface area contributed by atoms with Crippen LogP contribution in [0, 0.1) is 0 Å². The van der Waals surface area contributed by atoms with Crippen LogP contribution in [-0.4, -0.2) is 53.0 Å². The van der Waals surface area contributed by atoms with Gasteiger partial charge >= 0.3 is 0 Å². The lowest BCUT2D eigenvalue weighted by molar-refractivity contribution is -0.0527.